The molecule has 114 valence electrons. The number of nitrogens with zero attached hydrogens (tertiary/aromatic N) is 2. The highest BCUT2D eigenvalue weighted by Gasteiger charge is 2.26. The highest BCUT2D eigenvalue weighted by atomic mass is 16.5. The van der Waals surface area contributed by atoms with Gasteiger partial charge in [0.15, 0.2) is 11.5 Å². The Bertz CT molecular complexity index is 764. The van der Waals surface area contributed by atoms with Crippen molar-refractivity contribution in [3.63, 3.8) is 0 Å². The van der Waals surface area contributed by atoms with Crippen molar-refractivity contribution in [1.29, 1.82) is 0 Å². The Morgan fingerprint density at radius 1 is 1.29 bits per heavy atom. The summed E-state index contributed by atoms with van der Waals surface area (Å²) in [5.41, 5.74) is -0.134. The monoisotopic (exact) mass is 294 g/mol. The van der Waals surface area contributed by atoms with E-state index in [1.165, 1.54) is 9.47 Å². The number of H-pyrrole nitrogens is 2. The number of quaternary nitrogens is 1. The zero-order valence-electron chi connectivity index (χ0n) is 12.4. The van der Waals surface area contributed by atoms with Gasteiger partial charge < -0.3 is 14.6 Å². The summed E-state index contributed by atoms with van der Waals surface area (Å²) in [4.78, 5) is 34.4. The van der Waals surface area contributed by atoms with E-state index >= 15 is 0 Å². The topological polar surface area (TPSA) is 97.2 Å². The van der Waals surface area contributed by atoms with E-state index in [0.717, 1.165) is 13.1 Å². The van der Waals surface area contributed by atoms with Crippen molar-refractivity contribution in [2.24, 2.45) is 7.05 Å². The van der Waals surface area contributed by atoms with Crippen LogP contribution in [0.4, 0.5) is 0 Å². The van der Waals surface area contributed by atoms with Gasteiger partial charge in [0.25, 0.3) is 5.56 Å². The Kier molecular flexibility index (Phi) is 3.42. The van der Waals surface area contributed by atoms with Crippen LogP contribution in [0.5, 0.6) is 0 Å². The third-order valence-electron chi connectivity index (χ3n) is 3.84. The first-order valence-electron chi connectivity index (χ1n) is 7.11. The zero-order valence-corrected chi connectivity index (χ0v) is 12.4. The predicted molar refractivity (Wildman–Crippen MR) is 76.4 cm³/mol. The van der Waals surface area contributed by atoms with Crippen LogP contribution in [0.3, 0.4) is 0 Å². The molecular formula is C13H20N5O3+. The Morgan fingerprint density at radius 3 is 2.62 bits per heavy atom. The second-order valence-corrected chi connectivity index (χ2v) is 5.79. The normalized spacial score (nSPS) is 26.3. The van der Waals surface area contributed by atoms with Gasteiger partial charge >= 0.3 is 5.69 Å². The molecule has 2 atom stereocenters. The van der Waals surface area contributed by atoms with Crippen LogP contribution < -0.4 is 16.1 Å². The number of imidazole rings is 1. The molecule has 1 aliphatic rings. The molecule has 1 saturated heterocycles. The molecule has 0 amide bonds. The van der Waals surface area contributed by atoms with E-state index in [0.29, 0.717) is 23.5 Å². The van der Waals surface area contributed by atoms with Gasteiger partial charge in [0.05, 0.1) is 0 Å². The first-order valence-corrected chi connectivity index (χ1v) is 7.11. The summed E-state index contributed by atoms with van der Waals surface area (Å²) in [6.07, 6.45) is 0.418. The Hall–Kier alpha value is -1.93. The number of fused-ring (bicyclic) bond motifs is 1. The quantitative estimate of drug-likeness (QED) is 0.605. The van der Waals surface area contributed by atoms with Gasteiger partial charge in [-0.2, -0.15) is 0 Å². The average Bonchev–Trinajstić information content (AvgIpc) is 2.79. The molecule has 1 aliphatic heterocycles. The Labute approximate surface area is 120 Å². The molecule has 3 heterocycles. The fourth-order valence-corrected chi connectivity index (χ4v) is 3.01. The molecule has 0 spiro atoms. The molecule has 0 bridgehead atoms. The van der Waals surface area contributed by atoms with E-state index in [4.69, 9.17) is 4.74 Å². The SMILES string of the molecule is C[C@@H]1C[NH+](Cc2nc3c([nH]2)c(=O)[nH]c(=O)n3C)C[C@@H](C)O1. The van der Waals surface area contributed by atoms with Gasteiger partial charge in [-0.15, -0.1) is 0 Å². The van der Waals surface area contributed by atoms with Gasteiger partial charge in [0.1, 0.15) is 37.4 Å². The number of ether oxygens (including phenoxy) is 1. The molecule has 1 fully saturated rings. The van der Waals surface area contributed by atoms with E-state index in [-0.39, 0.29) is 12.2 Å². The molecule has 0 aliphatic carbocycles. The highest BCUT2D eigenvalue weighted by molar-refractivity contribution is 5.69. The van der Waals surface area contributed by atoms with E-state index in [1.54, 1.807) is 7.05 Å². The number of hydrogen-bond donors (Lipinski definition) is 3. The molecule has 2 aromatic heterocycles. The lowest BCUT2D eigenvalue weighted by molar-refractivity contribution is -0.928. The van der Waals surface area contributed by atoms with E-state index in [1.807, 2.05) is 0 Å². The van der Waals surface area contributed by atoms with Crippen molar-refractivity contribution in [3.05, 3.63) is 26.7 Å². The minimum Gasteiger partial charge on any atom is -0.364 e. The number of morpholine rings is 1. The zero-order chi connectivity index (χ0) is 15.1. The molecule has 0 unspecified atom stereocenters. The third-order valence-corrected chi connectivity index (χ3v) is 3.84. The molecule has 2 aromatic rings. The number of hydrogen-bond acceptors (Lipinski definition) is 4. The fourth-order valence-electron chi connectivity index (χ4n) is 3.01. The van der Waals surface area contributed by atoms with Crippen molar-refractivity contribution in [1.82, 2.24) is 19.5 Å². The summed E-state index contributed by atoms with van der Waals surface area (Å²) in [5.74, 6) is 0.716. The molecule has 8 nitrogen and oxygen atoms in total. The fraction of sp³-hybridized carbons (Fsp3) is 0.615. The number of aromatic amines is 2. The first kappa shape index (κ1) is 14.0. The van der Waals surface area contributed by atoms with Crippen molar-refractivity contribution >= 4 is 11.2 Å². The lowest BCUT2D eigenvalue weighted by atomic mass is 10.2. The summed E-state index contributed by atoms with van der Waals surface area (Å²) in [7, 11) is 1.59. The molecule has 0 saturated carbocycles. The van der Waals surface area contributed by atoms with Crippen LogP contribution in [-0.2, 0) is 18.3 Å². The van der Waals surface area contributed by atoms with Gasteiger partial charge in [-0.25, -0.2) is 9.78 Å². The van der Waals surface area contributed by atoms with Crippen molar-refractivity contribution in [3.8, 4) is 0 Å². The van der Waals surface area contributed by atoms with Crippen molar-refractivity contribution in [2.75, 3.05) is 13.1 Å². The van der Waals surface area contributed by atoms with E-state index < -0.39 is 11.2 Å². The molecule has 3 rings (SSSR count). The first-order chi connectivity index (χ1) is 9.94. The highest BCUT2D eigenvalue weighted by Crippen LogP contribution is 2.04. The smallest absolute Gasteiger partial charge is 0.329 e. The van der Waals surface area contributed by atoms with E-state index in [9.17, 15) is 9.59 Å². The maximum atomic E-state index is 11.8. The van der Waals surface area contributed by atoms with Gasteiger partial charge in [-0.1, -0.05) is 0 Å². The molecule has 8 heteroatoms. The molecule has 0 radical (unpaired) electrons. The predicted octanol–water partition coefficient (Wildman–Crippen LogP) is -1.86. The van der Waals surface area contributed by atoms with Gasteiger partial charge in [-0.3, -0.25) is 14.3 Å². The minimum absolute atomic E-state index is 0.209. The maximum absolute atomic E-state index is 11.8. The largest absolute Gasteiger partial charge is 0.364 e. The standard InChI is InChI=1S/C13H19N5O3/c1-7-4-18(5-8(2)21-7)6-9-14-10-11(15-9)17(3)13(20)16-12(10)19/h7-8H,4-6H2,1-3H3,(H,14,15)(H,16,19,20)/p+1/t7-,8-/m1/s1. The maximum Gasteiger partial charge on any atom is 0.329 e. The van der Waals surface area contributed by atoms with Gasteiger partial charge in [-0.05, 0) is 13.8 Å². The lowest BCUT2D eigenvalue weighted by Crippen LogP contribution is -3.14. The third kappa shape index (κ3) is 2.64. The molecule has 21 heavy (non-hydrogen) atoms. The lowest BCUT2D eigenvalue weighted by Gasteiger charge is -2.31. The van der Waals surface area contributed by atoms with Crippen LogP contribution in [0.25, 0.3) is 11.2 Å². The van der Waals surface area contributed by atoms with Gasteiger partial charge in [0.2, 0.25) is 0 Å². The second kappa shape index (κ2) is 5.12. The molecule has 0 aromatic carbocycles. The number of aryl methyl sites for hydroxylation is 1. The molecular weight excluding hydrogens is 274 g/mol. The summed E-state index contributed by atoms with van der Waals surface area (Å²) < 4.78 is 7.06. The summed E-state index contributed by atoms with van der Waals surface area (Å²) >= 11 is 0. The van der Waals surface area contributed by atoms with Crippen LogP contribution in [0.2, 0.25) is 0 Å². The average molecular weight is 294 g/mol. The van der Waals surface area contributed by atoms with Crippen molar-refractivity contribution < 1.29 is 9.64 Å². The van der Waals surface area contributed by atoms with Crippen LogP contribution in [0, 0.1) is 0 Å². The van der Waals surface area contributed by atoms with Crippen LogP contribution in [0.1, 0.15) is 19.7 Å². The number of rotatable bonds is 2. The second-order valence-electron chi connectivity index (χ2n) is 5.79. The van der Waals surface area contributed by atoms with Crippen LogP contribution in [-0.4, -0.2) is 44.8 Å². The molecule has 3 N–H and O–H groups in total. The summed E-state index contributed by atoms with van der Waals surface area (Å²) in [6.45, 7) is 6.60. The minimum atomic E-state index is -0.452. The van der Waals surface area contributed by atoms with Crippen LogP contribution in [0.15, 0.2) is 9.59 Å². The Balaban J connectivity index is 1.92. The van der Waals surface area contributed by atoms with Crippen LogP contribution >= 0.6 is 0 Å². The number of aromatic nitrogens is 4. The van der Waals surface area contributed by atoms with Gasteiger partial charge in [0, 0.05) is 7.05 Å². The number of nitrogens with one attached hydrogen (secondary N) is 3. The van der Waals surface area contributed by atoms with E-state index in [2.05, 4.69) is 28.8 Å². The summed E-state index contributed by atoms with van der Waals surface area (Å²) in [5, 5.41) is 0. The Morgan fingerprint density at radius 2 is 1.95 bits per heavy atom. The summed E-state index contributed by atoms with van der Waals surface area (Å²) in [6, 6.07) is 0. The van der Waals surface area contributed by atoms with Crippen molar-refractivity contribution in [2.45, 2.75) is 32.6 Å².